The van der Waals surface area contributed by atoms with Crippen LogP contribution in [0.3, 0.4) is 0 Å². The number of hydrogen-bond donors (Lipinski definition) is 0. The number of benzene rings is 3. The van der Waals surface area contributed by atoms with Gasteiger partial charge in [-0.3, -0.25) is 9.69 Å². The van der Waals surface area contributed by atoms with E-state index in [-0.39, 0.29) is 18.3 Å². The predicted octanol–water partition coefficient (Wildman–Crippen LogP) is 5.67. The lowest BCUT2D eigenvalue weighted by Gasteiger charge is -2.16. The predicted molar refractivity (Wildman–Crippen MR) is 131 cm³/mol. The number of methoxy groups -OCH3 is 1. The maximum Gasteiger partial charge on any atom is 0.281 e. The van der Waals surface area contributed by atoms with Crippen molar-refractivity contribution in [2.24, 2.45) is 0 Å². The van der Waals surface area contributed by atoms with Crippen LogP contribution in [0.2, 0.25) is 5.02 Å². The Morgan fingerprint density at radius 3 is 2.55 bits per heavy atom. The molecule has 3 aromatic rings. The van der Waals surface area contributed by atoms with Gasteiger partial charge in [0.1, 0.15) is 18.1 Å². The summed E-state index contributed by atoms with van der Waals surface area (Å²) in [6.45, 7) is 0.121. The second kappa shape index (κ2) is 9.60. The first-order valence-electron chi connectivity index (χ1n) is 10.0. The molecule has 1 amide bonds. The van der Waals surface area contributed by atoms with Gasteiger partial charge in [-0.2, -0.15) is 0 Å². The smallest absolute Gasteiger partial charge is 0.281 e. The molecule has 8 heteroatoms. The summed E-state index contributed by atoms with van der Waals surface area (Å²) >= 11 is 12.0. The Kier molecular flexibility index (Phi) is 6.62. The minimum atomic E-state index is -0.344. The number of para-hydroxylation sites is 1. The van der Waals surface area contributed by atoms with Crippen LogP contribution in [0.5, 0.6) is 11.5 Å². The highest BCUT2D eigenvalue weighted by atomic mass is 35.5. The molecule has 33 heavy (non-hydrogen) atoms. The number of halogens is 2. The van der Waals surface area contributed by atoms with E-state index in [1.54, 1.807) is 42.3 Å². The second-order valence-electron chi connectivity index (χ2n) is 7.30. The molecule has 168 valence electrons. The van der Waals surface area contributed by atoms with Crippen molar-refractivity contribution in [3.05, 3.63) is 94.4 Å². The standard InChI is InChI=1S/C25H20ClFN2O3S/c1-28-21(24(30)29(25(28)33)19-9-4-3-5-10-19)13-17-12-20(26)23(22(14-17)31-2)32-15-16-7-6-8-18(27)11-16/h3-14H,15H2,1-2H3/b21-13-. The van der Waals surface area contributed by atoms with Crippen LogP contribution in [0.1, 0.15) is 11.1 Å². The van der Waals surface area contributed by atoms with Crippen LogP contribution in [0.4, 0.5) is 10.1 Å². The summed E-state index contributed by atoms with van der Waals surface area (Å²) in [4.78, 5) is 16.3. The van der Waals surface area contributed by atoms with E-state index >= 15 is 0 Å². The van der Waals surface area contributed by atoms with Crippen LogP contribution < -0.4 is 14.4 Å². The number of hydrogen-bond acceptors (Lipinski definition) is 4. The molecule has 0 N–H and O–H groups in total. The summed E-state index contributed by atoms with van der Waals surface area (Å²) in [5, 5.41) is 0.679. The Balaban J connectivity index is 1.62. The van der Waals surface area contributed by atoms with Gasteiger partial charge in [-0.25, -0.2) is 4.39 Å². The molecule has 0 atom stereocenters. The molecule has 4 rings (SSSR count). The number of ether oxygens (including phenoxy) is 2. The Labute approximate surface area is 201 Å². The number of anilines is 1. The fourth-order valence-corrected chi connectivity index (χ4v) is 4.02. The number of amides is 1. The quantitative estimate of drug-likeness (QED) is 0.334. The van der Waals surface area contributed by atoms with E-state index in [0.29, 0.717) is 44.1 Å². The molecular weight excluding hydrogens is 463 g/mol. The number of rotatable bonds is 6. The monoisotopic (exact) mass is 482 g/mol. The zero-order valence-electron chi connectivity index (χ0n) is 17.9. The van der Waals surface area contributed by atoms with Crippen molar-refractivity contribution in [1.82, 2.24) is 4.90 Å². The minimum Gasteiger partial charge on any atom is -0.493 e. The first-order chi connectivity index (χ1) is 15.9. The average Bonchev–Trinajstić information content (AvgIpc) is 3.01. The maximum atomic E-state index is 13.4. The summed E-state index contributed by atoms with van der Waals surface area (Å²) in [6.07, 6.45) is 1.70. The summed E-state index contributed by atoms with van der Waals surface area (Å²) in [7, 11) is 3.24. The molecule has 1 aliphatic heterocycles. The molecule has 0 radical (unpaired) electrons. The summed E-state index contributed by atoms with van der Waals surface area (Å²) in [6, 6.07) is 18.7. The number of nitrogens with zero attached hydrogens (tertiary/aromatic N) is 2. The number of likely N-dealkylation sites (N-methyl/N-ethyl adjacent to an activating group) is 1. The van der Waals surface area contributed by atoms with Crippen molar-refractivity contribution >= 4 is 46.6 Å². The fraction of sp³-hybridized carbons (Fsp3) is 0.120. The lowest BCUT2D eigenvalue weighted by Crippen LogP contribution is -2.30. The van der Waals surface area contributed by atoms with Gasteiger partial charge >= 0.3 is 0 Å². The Morgan fingerprint density at radius 2 is 1.85 bits per heavy atom. The molecule has 3 aromatic carbocycles. The molecule has 0 aliphatic carbocycles. The number of carbonyl (C=O) groups excluding carboxylic acids is 1. The molecule has 0 spiro atoms. The Hall–Kier alpha value is -3.42. The van der Waals surface area contributed by atoms with Crippen molar-refractivity contribution in [2.45, 2.75) is 6.61 Å². The van der Waals surface area contributed by atoms with E-state index in [9.17, 15) is 9.18 Å². The van der Waals surface area contributed by atoms with Crippen molar-refractivity contribution in [1.29, 1.82) is 0 Å². The molecule has 1 fully saturated rings. The molecule has 0 saturated carbocycles. The molecule has 5 nitrogen and oxygen atoms in total. The van der Waals surface area contributed by atoms with Crippen LogP contribution in [-0.4, -0.2) is 30.1 Å². The zero-order valence-corrected chi connectivity index (χ0v) is 19.5. The van der Waals surface area contributed by atoms with Crippen molar-refractivity contribution in [3.8, 4) is 11.5 Å². The van der Waals surface area contributed by atoms with Gasteiger partial charge in [-0.1, -0.05) is 41.9 Å². The van der Waals surface area contributed by atoms with Gasteiger partial charge in [0.05, 0.1) is 17.8 Å². The van der Waals surface area contributed by atoms with E-state index in [4.69, 9.17) is 33.3 Å². The Bertz CT molecular complexity index is 1250. The first-order valence-corrected chi connectivity index (χ1v) is 10.8. The number of thiocarbonyl (C=S) groups is 1. The first kappa shape index (κ1) is 22.8. The topological polar surface area (TPSA) is 42.0 Å². The normalized spacial score (nSPS) is 14.8. The fourth-order valence-electron chi connectivity index (χ4n) is 3.46. The average molecular weight is 483 g/mol. The molecule has 1 aliphatic rings. The van der Waals surface area contributed by atoms with Gasteiger partial charge in [0.25, 0.3) is 5.91 Å². The lowest BCUT2D eigenvalue weighted by atomic mass is 10.1. The van der Waals surface area contributed by atoms with E-state index in [2.05, 4.69) is 0 Å². The van der Waals surface area contributed by atoms with Crippen LogP contribution >= 0.6 is 23.8 Å². The van der Waals surface area contributed by atoms with Crippen molar-refractivity contribution in [3.63, 3.8) is 0 Å². The summed E-state index contributed by atoms with van der Waals surface area (Å²) in [5.41, 5.74) is 2.39. The minimum absolute atomic E-state index is 0.121. The maximum absolute atomic E-state index is 13.4. The van der Waals surface area contributed by atoms with E-state index in [0.717, 1.165) is 0 Å². The largest absolute Gasteiger partial charge is 0.493 e. The van der Waals surface area contributed by atoms with E-state index < -0.39 is 0 Å². The highest BCUT2D eigenvalue weighted by Gasteiger charge is 2.36. The van der Waals surface area contributed by atoms with E-state index in [1.807, 2.05) is 30.3 Å². The van der Waals surface area contributed by atoms with E-state index in [1.165, 1.54) is 24.1 Å². The Morgan fingerprint density at radius 1 is 1.09 bits per heavy atom. The van der Waals surface area contributed by atoms with Gasteiger partial charge in [-0.05, 0) is 65.8 Å². The van der Waals surface area contributed by atoms with Gasteiger partial charge < -0.3 is 14.4 Å². The second-order valence-corrected chi connectivity index (χ2v) is 8.07. The summed E-state index contributed by atoms with van der Waals surface area (Å²) in [5.74, 6) is 0.138. The van der Waals surface area contributed by atoms with Crippen LogP contribution in [-0.2, 0) is 11.4 Å². The van der Waals surface area contributed by atoms with Gasteiger partial charge in [0.15, 0.2) is 16.6 Å². The molecule has 0 bridgehead atoms. The SMILES string of the molecule is COc1cc(/C=C2/C(=O)N(c3ccccc3)C(=S)N2C)cc(Cl)c1OCc1cccc(F)c1. The lowest BCUT2D eigenvalue weighted by molar-refractivity contribution is -0.114. The highest BCUT2D eigenvalue weighted by Crippen LogP contribution is 2.38. The third-order valence-corrected chi connectivity index (χ3v) is 5.84. The van der Waals surface area contributed by atoms with Crippen LogP contribution in [0.15, 0.2) is 72.4 Å². The number of carbonyl (C=O) groups is 1. The van der Waals surface area contributed by atoms with Gasteiger partial charge in [0.2, 0.25) is 0 Å². The molecule has 0 aromatic heterocycles. The molecule has 0 unspecified atom stereocenters. The van der Waals surface area contributed by atoms with Gasteiger partial charge in [-0.15, -0.1) is 0 Å². The zero-order chi connectivity index (χ0) is 23.5. The molecule has 1 heterocycles. The van der Waals surface area contributed by atoms with Crippen molar-refractivity contribution in [2.75, 3.05) is 19.1 Å². The highest BCUT2D eigenvalue weighted by molar-refractivity contribution is 7.80. The van der Waals surface area contributed by atoms with Crippen LogP contribution in [0, 0.1) is 5.82 Å². The van der Waals surface area contributed by atoms with Crippen molar-refractivity contribution < 1.29 is 18.7 Å². The van der Waals surface area contributed by atoms with Crippen LogP contribution in [0.25, 0.3) is 6.08 Å². The third kappa shape index (κ3) is 4.69. The third-order valence-electron chi connectivity index (χ3n) is 5.10. The van der Waals surface area contributed by atoms with Gasteiger partial charge in [0, 0.05) is 7.05 Å². The molecular formula is C25H20ClFN2O3S. The molecule has 1 saturated heterocycles. The summed E-state index contributed by atoms with van der Waals surface area (Å²) < 4.78 is 24.7.